The van der Waals surface area contributed by atoms with E-state index in [4.69, 9.17) is 10.5 Å². The second kappa shape index (κ2) is 13.5. The van der Waals surface area contributed by atoms with Gasteiger partial charge in [0.15, 0.2) is 0 Å². The highest BCUT2D eigenvalue weighted by molar-refractivity contribution is 5.69. The molecule has 0 amide bonds. The van der Waals surface area contributed by atoms with E-state index in [1.165, 1.54) is 44.9 Å². The summed E-state index contributed by atoms with van der Waals surface area (Å²) >= 11 is 0. The van der Waals surface area contributed by atoms with Crippen molar-refractivity contribution in [2.24, 2.45) is 52.1 Å². The molecule has 4 fully saturated rings. The van der Waals surface area contributed by atoms with Gasteiger partial charge in [-0.2, -0.15) is 0 Å². The fourth-order valence-electron chi connectivity index (χ4n) is 10.1. The van der Waals surface area contributed by atoms with Crippen molar-refractivity contribution in [2.75, 3.05) is 26.2 Å². The Morgan fingerprint density at radius 3 is 2.44 bits per heavy atom. The van der Waals surface area contributed by atoms with Crippen LogP contribution in [0.1, 0.15) is 112 Å². The Bertz CT molecular complexity index is 792. The van der Waals surface area contributed by atoms with E-state index < -0.39 is 0 Å². The SMILES string of the molecule is CC(C)OC(=O)CC[C@@H](C)C1CCC2C3C(CC[C@@]21C)[C@@]1(C)CC[C@H](NCCCNCCCN)CC1C[C@H]3O. The van der Waals surface area contributed by atoms with Gasteiger partial charge in [-0.05, 0) is 157 Å². The molecule has 0 aromatic carbocycles. The Morgan fingerprint density at radius 2 is 1.69 bits per heavy atom. The Kier molecular flexibility index (Phi) is 10.8. The minimum Gasteiger partial charge on any atom is -0.463 e. The van der Waals surface area contributed by atoms with Crippen LogP contribution < -0.4 is 16.4 Å². The Balaban J connectivity index is 1.32. The van der Waals surface area contributed by atoms with Crippen molar-refractivity contribution in [1.29, 1.82) is 0 Å². The summed E-state index contributed by atoms with van der Waals surface area (Å²) in [5.74, 6) is 3.50. The molecule has 5 N–H and O–H groups in total. The Labute approximate surface area is 239 Å². The maximum atomic E-state index is 12.2. The van der Waals surface area contributed by atoms with E-state index in [1.54, 1.807) is 0 Å². The van der Waals surface area contributed by atoms with Gasteiger partial charge in [-0.25, -0.2) is 0 Å². The van der Waals surface area contributed by atoms with Crippen LogP contribution in [0.3, 0.4) is 0 Å². The lowest BCUT2D eigenvalue weighted by Gasteiger charge is -2.62. The third-order valence-electron chi connectivity index (χ3n) is 12.1. The van der Waals surface area contributed by atoms with Crippen molar-refractivity contribution in [2.45, 2.75) is 130 Å². The summed E-state index contributed by atoms with van der Waals surface area (Å²) in [5.41, 5.74) is 6.25. The minimum absolute atomic E-state index is 0.0332. The van der Waals surface area contributed by atoms with Crippen LogP contribution in [0.5, 0.6) is 0 Å². The van der Waals surface area contributed by atoms with Crippen LogP contribution in [0, 0.1) is 46.3 Å². The van der Waals surface area contributed by atoms with Gasteiger partial charge in [0.1, 0.15) is 0 Å². The first-order chi connectivity index (χ1) is 18.6. The third-order valence-corrected chi connectivity index (χ3v) is 12.1. The van der Waals surface area contributed by atoms with Gasteiger partial charge in [0.05, 0.1) is 12.2 Å². The smallest absolute Gasteiger partial charge is 0.306 e. The van der Waals surface area contributed by atoms with Crippen molar-refractivity contribution in [3.05, 3.63) is 0 Å². The zero-order valence-corrected chi connectivity index (χ0v) is 25.9. The highest BCUT2D eigenvalue weighted by Gasteiger charge is 2.62. The van der Waals surface area contributed by atoms with Crippen LogP contribution in [-0.4, -0.2) is 55.5 Å². The predicted molar refractivity (Wildman–Crippen MR) is 159 cm³/mol. The highest BCUT2D eigenvalue weighted by Crippen LogP contribution is 2.68. The van der Waals surface area contributed by atoms with Crippen LogP contribution >= 0.6 is 0 Å². The summed E-state index contributed by atoms with van der Waals surface area (Å²) in [6.45, 7) is 15.3. The number of rotatable bonds is 13. The molecule has 4 aliphatic rings. The molecule has 0 aliphatic heterocycles. The Morgan fingerprint density at radius 1 is 0.974 bits per heavy atom. The van der Waals surface area contributed by atoms with Gasteiger partial charge in [0.2, 0.25) is 0 Å². The number of nitrogens with one attached hydrogen (secondary N) is 2. The largest absolute Gasteiger partial charge is 0.463 e. The van der Waals surface area contributed by atoms with Gasteiger partial charge in [0, 0.05) is 12.5 Å². The molecule has 39 heavy (non-hydrogen) atoms. The molecule has 0 spiro atoms. The maximum absolute atomic E-state index is 12.2. The van der Waals surface area contributed by atoms with Gasteiger partial charge < -0.3 is 26.2 Å². The van der Waals surface area contributed by atoms with Crippen LogP contribution in [0.4, 0.5) is 0 Å². The van der Waals surface area contributed by atoms with Gasteiger partial charge in [0.25, 0.3) is 0 Å². The molecular formula is C33H61N3O3. The van der Waals surface area contributed by atoms with Gasteiger partial charge in [-0.1, -0.05) is 20.8 Å². The molecule has 10 atom stereocenters. The fourth-order valence-corrected chi connectivity index (χ4v) is 10.1. The molecule has 226 valence electrons. The molecule has 0 aromatic rings. The number of hydrogen-bond donors (Lipinski definition) is 4. The molecule has 5 unspecified atom stereocenters. The summed E-state index contributed by atoms with van der Waals surface area (Å²) in [4.78, 5) is 12.2. The topological polar surface area (TPSA) is 96.6 Å². The summed E-state index contributed by atoms with van der Waals surface area (Å²) in [6, 6.07) is 0.601. The quantitative estimate of drug-likeness (QED) is 0.185. The molecule has 0 aromatic heterocycles. The Hall–Kier alpha value is -0.690. The zero-order chi connectivity index (χ0) is 28.2. The van der Waals surface area contributed by atoms with E-state index in [0.717, 1.165) is 51.9 Å². The lowest BCUT2D eigenvalue weighted by Crippen LogP contribution is -2.59. The standard InChI is InChI=1S/C33H61N3O3/c1-22(2)39-30(38)11-8-23(3)26-9-10-27-31-28(13-15-33(26,27)5)32(4)14-12-25(20-24(32)21-29(31)37)36-19-7-18-35-17-6-16-34/h22-29,31,35-37H,6-21,34H2,1-5H3/t23-,24?,25+,26?,27?,28?,29-,31?,32+,33-/m1/s1. The molecule has 4 rings (SSSR count). The molecular weight excluding hydrogens is 486 g/mol. The number of hydrogen-bond acceptors (Lipinski definition) is 6. The van der Waals surface area contributed by atoms with E-state index in [0.29, 0.717) is 58.8 Å². The van der Waals surface area contributed by atoms with Gasteiger partial charge in [-0.3, -0.25) is 4.79 Å². The molecule has 6 nitrogen and oxygen atoms in total. The number of esters is 1. The molecule has 0 saturated heterocycles. The van der Waals surface area contributed by atoms with Crippen LogP contribution in [0.25, 0.3) is 0 Å². The summed E-state index contributed by atoms with van der Waals surface area (Å²) in [6.07, 6.45) is 13.4. The lowest BCUT2D eigenvalue weighted by atomic mass is 9.43. The molecule has 0 bridgehead atoms. The second-order valence-corrected chi connectivity index (χ2v) is 14.8. The van der Waals surface area contributed by atoms with Crippen molar-refractivity contribution in [1.82, 2.24) is 10.6 Å². The minimum atomic E-state index is -0.154. The average molecular weight is 548 g/mol. The van der Waals surface area contributed by atoms with Crippen LogP contribution in [-0.2, 0) is 9.53 Å². The number of aliphatic hydroxyl groups is 1. The number of carbonyl (C=O) groups is 1. The van der Waals surface area contributed by atoms with E-state index >= 15 is 0 Å². The number of carbonyl (C=O) groups excluding carboxylic acids is 1. The van der Waals surface area contributed by atoms with Crippen molar-refractivity contribution >= 4 is 5.97 Å². The van der Waals surface area contributed by atoms with Gasteiger partial charge >= 0.3 is 5.97 Å². The average Bonchev–Trinajstić information content (AvgIpc) is 3.24. The predicted octanol–water partition coefficient (Wildman–Crippen LogP) is 5.27. The maximum Gasteiger partial charge on any atom is 0.306 e. The highest BCUT2D eigenvalue weighted by atomic mass is 16.5. The second-order valence-electron chi connectivity index (χ2n) is 14.8. The molecule has 4 saturated carbocycles. The fraction of sp³-hybridized carbons (Fsp3) is 0.970. The molecule has 0 radical (unpaired) electrons. The van der Waals surface area contributed by atoms with E-state index in [2.05, 4.69) is 31.4 Å². The van der Waals surface area contributed by atoms with Gasteiger partial charge in [-0.15, -0.1) is 0 Å². The van der Waals surface area contributed by atoms with E-state index in [-0.39, 0.29) is 18.2 Å². The van der Waals surface area contributed by atoms with Crippen LogP contribution in [0.2, 0.25) is 0 Å². The van der Waals surface area contributed by atoms with Crippen LogP contribution in [0.15, 0.2) is 0 Å². The first-order valence-electron chi connectivity index (χ1n) is 16.6. The van der Waals surface area contributed by atoms with Crippen molar-refractivity contribution in [3.8, 4) is 0 Å². The summed E-state index contributed by atoms with van der Waals surface area (Å²) in [5, 5.41) is 19.1. The number of ether oxygens (including phenoxy) is 1. The molecule has 6 heteroatoms. The summed E-state index contributed by atoms with van der Waals surface area (Å²) in [7, 11) is 0. The molecule has 4 aliphatic carbocycles. The first kappa shape index (κ1) is 31.3. The lowest BCUT2D eigenvalue weighted by molar-refractivity contribution is -0.167. The normalized spacial score (nSPS) is 40.6. The number of fused-ring (bicyclic) bond motifs is 5. The monoisotopic (exact) mass is 547 g/mol. The zero-order valence-electron chi connectivity index (χ0n) is 25.9. The van der Waals surface area contributed by atoms with E-state index in [1.807, 2.05) is 13.8 Å². The summed E-state index contributed by atoms with van der Waals surface area (Å²) < 4.78 is 5.41. The van der Waals surface area contributed by atoms with Crippen molar-refractivity contribution < 1.29 is 14.6 Å². The number of nitrogens with two attached hydrogens (primary N) is 1. The number of aliphatic hydroxyl groups excluding tert-OH is 1. The third kappa shape index (κ3) is 6.87. The van der Waals surface area contributed by atoms with Crippen molar-refractivity contribution in [3.63, 3.8) is 0 Å². The van der Waals surface area contributed by atoms with E-state index in [9.17, 15) is 9.90 Å². The first-order valence-corrected chi connectivity index (χ1v) is 16.6. The molecule has 0 heterocycles.